The zero-order chi connectivity index (χ0) is 26.0. The van der Waals surface area contributed by atoms with Crippen molar-refractivity contribution >= 4 is 34.0 Å². The van der Waals surface area contributed by atoms with Crippen molar-refractivity contribution in [3.05, 3.63) is 125 Å². The number of rotatable bonds is 5. The van der Waals surface area contributed by atoms with Crippen LogP contribution in [0.3, 0.4) is 0 Å². The molecule has 1 heterocycles. The van der Waals surface area contributed by atoms with Gasteiger partial charge in [-0.3, -0.25) is 9.79 Å². The molecule has 0 aliphatic carbocycles. The monoisotopic (exact) mass is 499 g/mol. The number of nitrogens with one attached hydrogen (secondary N) is 1. The maximum atomic E-state index is 13.3. The number of hydrogen-bond donors (Lipinski definition) is 2. The average Bonchev–Trinajstić information content (AvgIpc) is 2.90. The Morgan fingerprint density at radius 3 is 2.14 bits per heavy atom. The van der Waals surface area contributed by atoms with Gasteiger partial charge in [-0.15, -0.1) is 0 Å². The van der Waals surface area contributed by atoms with E-state index >= 15 is 0 Å². The van der Waals surface area contributed by atoms with Gasteiger partial charge in [-0.1, -0.05) is 42.5 Å². The second kappa shape index (κ2) is 9.66. The van der Waals surface area contributed by atoms with Crippen LogP contribution in [0.25, 0.3) is 16.5 Å². The van der Waals surface area contributed by atoms with Gasteiger partial charge in [-0.2, -0.15) is 13.2 Å². The van der Waals surface area contributed by atoms with Gasteiger partial charge in [0.2, 0.25) is 5.88 Å². The Morgan fingerprint density at radius 2 is 1.43 bits per heavy atom. The summed E-state index contributed by atoms with van der Waals surface area (Å²) in [7, 11) is 0. The fraction of sp³-hybridized carbons (Fsp3) is 0.0345. The Bertz CT molecular complexity index is 1660. The van der Waals surface area contributed by atoms with Gasteiger partial charge in [0.25, 0.3) is 5.56 Å². The topological polar surface area (TPSA) is 66.6 Å². The fourth-order valence-electron chi connectivity index (χ4n) is 4.01. The quantitative estimate of drug-likeness (QED) is 0.251. The zero-order valence-corrected chi connectivity index (χ0v) is 19.3. The molecule has 0 aliphatic heterocycles. The summed E-state index contributed by atoms with van der Waals surface area (Å²) in [6.07, 6.45) is -3.20. The number of para-hydroxylation sites is 1. The number of benzene rings is 4. The maximum absolute atomic E-state index is 13.3. The molecule has 8 heteroatoms. The van der Waals surface area contributed by atoms with E-state index in [-0.39, 0.29) is 16.6 Å². The van der Waals surface area contributed by atoms with E-state index in [0.29, 0.717) is 11.1 Å². The van der Waals surface area contributed by atoms with E-state index in [1.807, 2.05) is 42.5 Å². The molecule has 0 amide bonds. The molecule has 0 unspecified atom stereocenters. The molecule has 0 aliphatic rings. The molecule has 37 heavy (non-hydrogen) atoms. The first kappa shape index (κ1) is 23.9. The van der Waals surface area contributed by atoms with Gasteiger partial charge >= 0.3 is 6.18 Å². The van der Waals surface area contributed by atoms with Crippen LogP contribution in [0, 0.1) is 0 Å². The van der Waals surface area contributed by atoms with E-state index in [1.54, 1.807) is 36.4 Å². The Morgan fingerprint density at radius 1 is 0.784 bits per heavy atom. The third kappa shape index (κ3) is 4.95. The number of aliphatic imine (C=N–C) groups is 1. The van der Waals surface area contributed by atoms with Crippen molar-refractivity contribution in [2.45, 2.75) is 6.18 Å². The molecular weight excluding hydrogens is 479 g/mol. The first-order valence-corrected chi connectivity index (χ1v) is 11.3. The van der Waals surface area contributed by atoms with Crippen LogP contribution >= 0.6 is 0 Å². The molecular formula is C29H20F3N3O2. The Kier molecular flexibility index (Phi) is 6.23. The van der Waals surface area contributed by atoms with Gasteiger partial charge in [0.1, 0.15) is 0 Å². The first-order chi connectivity index (χ1) is 17.8. The molecule has 0 saturated carbocycles. The summed E-state index contributed by atoms with van der Waals surface area (Å²) in [5.41, 5.74) is 0.917. The summed E-state index contributed by atoms with van der Waals surface area (Å²) < 4.78 is 40.8. The lowest BCUT2D eigenvalue weighted by Gasteiger charge is -2.15. The highest BCUT2D eigenvalue weighted by atomic mass is 19.4. The summed E-state index contributed by atoms with van der Waals surface area (Å²) >= 11 is 0. The van der Waals surface area contributed by atoms with Crippen molar-refractivity contribution in [1.82, 2.24) is 4.57 Å². The second-order valence-electron chi connectivity index (χ2n) is 8.27. The van der Waals surface area contributed by atoms with Crippen molar-refractivity contribution in [2.75, 3.05) is 5.32 Å². The van der Waals surface area contributed by atoms with Crippen molar-refractivity contribution < 1.29 is 18.3 Å². The summed E-state index contributed by atoms with van der Waals surface area (Å²) in [6, 6.07) is 27.8. The summed E-state index contributed by atoms with van der Waals surface area (Å²) in [4.78, 5) is 17.6. The lowest BCUT2D eigenvalue weighted by molar-refractivity contribution is -0.137. The van der Waals surface area contributed by atoms with Crippen LogP contribution in [0.1, 0.15) is 11.1 Å². The van der Waals surface area contributed by atoms with Crippen LogP contribution in [0.2, 0.25) is 0 Å². The predicted molar refractivity (Wildman–Crippen MR) is 140 cm³/mol. The van der Waals surface area contributed by atoms with Crippen molar-refractivity contribution in [3.63, 3.8) is 0 Å². The summed E-state index contributed by atoms with van der Waals surface area (Å²) in [5.74, 6) is -0.505. The van der Waals surface area contributed by atoms with Crippen LogP contribution in [-0.4, -0.2) is 15.9 Å². The van der Waals surface area contributed by atoms with Crippen molar-refractivity contribution in [1.29, 1.82) is 0 Å². The first-order valence-electron chi connectivity index (χ1n) is 11.3. The highest BCUT2D eigenvalue weighted by Gasteiger charge is 2.31. The number of alkyl halides is 3. The largest absolute Gasteiger partial charge is 0.494 e. The average molecular weight is 499 g/mol. The molecule has 5 aromatic rings. The molecule has 0 bridgehead atoms. The van der Waals surface area contributed by atoms with Crippen molar-refractivity contribution in [3.8, 4) is 11.6 Å². The van der Waals surface area contributed by atoms with Gasteiger partial charge in [-0.25, -0.2) is 4.57 Å². The summed E-state index contributed by atoms with van der Waals surface area (Å²) in [6.45, 7) is 0. The molecule has 0 fully saturated rings. The molecule has 184 valence electrons. The minimum absolute atomic E-state index is 0.103. The smallest absolute Gasteiger partial charge is 0.416 e. The minimum atomic E-state index is -4.60. The second-order valence-corrected chi connectivity index (χ2v) is 8.27. The maximum Gasteiger partial charge on any atom is 0.416 e. The number of aromatic nitrogens is 1. The van der Waals surface area contributed by atoms with Crippen LogP contribution < -0.4 is 10.9 Å². The van der Waals surface area contributed by atoms with E-state index in [2.05, 4.69) is 10.3 Å². The van der Waals surface area contributed by atoms with Crippen LogP contribution in [0.5, 0.6) is 5.88 Å². The molecule has 2 N–H and O–H groups in total. The van der Waals surface area contributed by atoms with Gasteiger partial charge in [0, 0.05) is 28.4 Å². The molecule has 4 aromatic carbocycles. The standard InChI is InChI=1S/C29H20F3N3O2/c30-29(31,32)19-7-6-10-23(17-19)35-27(36)25-12-5-4-11-24(25)26(28(35)37)18-33-20-13-15-22(16-14-20)34-21-8-2-1-3-9-21/h1-18,34,37H. The SMILES string of the molecule is O=c1c2ccccc2c(C=Nc2ccc(Nc3ccccc3)cc2)c(O)n1-c1cccc(C(F)(F)F)c1. The van der Waals surface area contributed by atoms with Gasteiger partial charge < -0.3 is 10.4 Å². The number of halogens is 3. The Hall–Kier alpha value is -4.85. The van der Waals surface area contributed by atoms with Gasteiger partial charge in [-0.05, 0) is 60.7 Å². The van der Waals surface area contributed by atoms with E-state index in [0.717, 1.165) is 28.1 Å². The van der Waals surface area contributed by atoms with E-state index in [9.17, 15) is 23.1 Å². The highest BCUT2D eigenvalue weighted by molar-refractivity contribution is 6.02. The molecule has 5 nitrogen and oxygen atoms in total. The Labute approximate surface area is 209 Å². The lowest BCUT2D eigenvalue weighted by atomic mass is 10.1. The highest BCUT2D eigenvalue weighted by Crippen LogP contribution is 2.32. The van der Waals surface area contributed by atoms with Gasteiger partial charge in [0.15, 0.2) is 0 Å². The number of nitrogens with zero attached hydrogens (tertiary/aromatic N) is 2. The van der Waals surface area contributed by atoms with Crippen molar-refractivity contribution in [2.24, 2.45) is 4.99 Å². The number of fused-ring (bicyclic) bond motifs is 1. The van der Waals surface area contributed by atoms with Crippen LogP contribution in [0.4, 0.5) is 30.2 Å². The molecule has 0 spiro atoms. The Balaban J connectivity index is 1.55. The van der Waals surface area contributed by atoms with Crippen LogP contribution in [-0.2, 0) is 6.18 Å². The normalized spacial score (nSPS) is 11.8. The summed E-state index contributed by atoms with van der Waals surface area (Å²) in [5, 5.41) is 15.0. The molecule has 0 atom stereocenters. The van der Waals surface area contributed by atoms with Crippen LogP contribution in [0.15, 0.2) is 113 Å². The van der Waals surface area contributed by atoms with E-state index < -0.39 is 23.2 Å². The number of anilines is 2. The third-order valence-electron chi connectivity index (χ3n) is 5.81. The van der Waals surface area contributed by atoms with Gasteiger partial charge in [0.05, 0.1) is 22.5 Å². The number of hydrogen-bond acceptors (Lipinski definition) is 4. The molecule has 0 radical (unpaired) electrons. The lowest BCUT2D eigenvalue weighted by Crippen LogP contribution is -2.20. The number of pyridine rings is 1. The van der Waals surface area contributed by atoms with E-state index in [1.165, 1.54) is 18.3 Å². The molecule has 0 saturated heterocycles. The minimum Gasteiger partial charge on any atom is -0.494 e. The predicted octanol–water partition coefficient (Wildman–Crippen LogP) is 7.21. The van der Waals surface area contributed by atoms with E-state index in [4.69, 9.17) is 0 Å². The fourth-order valence-corrected chi connectivity index (χ4v) is 4.01. The zero-order valence-electron chi connectivity index (χ0n) is 19.3. The third-order valence-corrected chi connectivity index (χ3v) is 5.81. The molecule has 5 rings (SSSR count). The molecule has 1 aromatic heterocycles. The number of aromatic hydroxyl groups is 1.